The quantitative estimate of drug-likeness (QED) is 0.0263. The van der Waals surface area contributed by atoms with Gasteiger partial charge in [0.05, 0.1) is 0 Å². The first kappa shape index (κ1) is 56.1. The van der Waals surface area contributed by atoms with Crippen LogP contribution in [0.4, 0.5) is 0 Å². The minimum absolute atomic E-state index is 0.0669. The Morgan fingerprint density at radius 1 is 0.328 bits per heavy atom. The van der Waals surface area contributed by atoms with Crippen LogP contribution in [0.3, 0.4) is 0 Å². The van der Waals surface area contributed by atoms with Crippen LogP contribution in [0.25, 0.3) is 0 Å². The second-order valence-electron chi connectivity index (χ2n) is 17.4. The molecule has 0 radical (unpaired) electrons. The number of rotatable bonds is 47. The normalized spacial score (nSPS) is 12.0. The Balaban J connectivity index is 4.24. The predicted octanol–water partition coefficient (Wildman–Crippen LogP) is 16.6. The lowest BCUT2D eigenvalue weighted by Crippen LogP contribution is -2.30. The predicted molar refractivity (Wildman–Crippen MR) is 247 cm³/mol. The average molecular weight is 819 g/mol. The van der Waals surface area contributed by atoms with Gasteiger partial charge in [0, 0.05) is 19.3 Å². The molecule has 0 N–H and O–H groups in total. The molecule has 0 heterocycles. The second-order valence-corrected chi connectivity index (χ2v) is 17.4. The minimum atomic E-state index is -0.763. The number of esters is 3. The number of unbranched alkanes of at least 4 members (excludes halogenated alkanes) is 34. The van der Waals surface area contributed by atoms with Gasteiger partial charge in [-0.15, -0.1) is 0 Å². The van der Waals surface area contributed by atoms with Crippen LogP contribution in [-0.2, 0) is 28.6 Å². The molecule has 342 valence electrons. The summed E-state index contributed by atoms with van der Waals surface area (Å²) in [5, 5.41) is 0. The molecule has 0 bridgehead atoms. The summed E-state index contributed by atoms with van der Waals surface area (Å²) in [7, 11) is 0. The van der Waals surface area contributed by atoms with Gasteiger partial charge in [-0.1, -0.05) is 232 Å². The van der Waals surface area contributed by atoms with E-state index in [1.165, 1.54) is 186 Å². The number of carbonyl (C=O) groups excluding carboxylic acids is 3. The number of hydrogen-bond acceptors (Lipinski definition) is 6. The van der Waals surface area contributed by atoms with Gasteiger partial charge in [0.15, 0.2) is 6.10 Å². The van der Waals surface area contributed by atoms with Gasteiger partial charge in [-0.25, -0.2) is 0 Å². The molecular weight excluding hydrogens is 721 g/mol. The van der Waals surface area contributed by atoms with Crippen molar-refractivity contribution in [2.45, 2.75) is 290 Å². The molecule has 1 atom stereocenters. The van der Waals surface area contributed by atoms with Crippen LogP contribution in [0.1, 0.15) is 284 Å². The SMILES string of the molecule is CCCCCCCCC/C=C\CCCCCCCCCC(=O)OCC(COC(=O)CCCCCCCCCC)OC(=O)CCCCCCCCCCCCCCCC. The lowest BCUT2D eigenvalue weighted by atomic mass is 10.0. The summed E-state index contributed by atoms with van der Waals surface area (Å²) in [6, 6.07) is 0. The highest BCUT2D eigenvalue weighted by molar-refractivity contribution is 5.71. The van der Waals surface area contributed by atoms with E-state index in [-0.39, 0.29) is 31.1 Å². The number of carbonyl (C=O) groups is 3. The fourth-order valence-electron chi connectivity index (χ4n) is 7.61. The standard InChI is InChI=1S/C52H98O6/c1-4-7-10-13-16-19-21-23-25-26-27-28-30-31-33-36-39-42-45-51(54)57-48-49(47-56-50(53)44-41-38-35-18-15-12-9-6-3)58-52(55)46-43-40-37-34-32-29-24-22-20-17-14-11-8-5-2/h25-26,49H,4-24,27-48H2,1-3H3/b26-25-. The number of ether oxygens (including phenoxy) is 3. The molecule has 0 amide bonds. The Bertz CT molecular complexity index is 900. The van der Waals surface area contributed by atoms with Crippen LogP contribution < -0.4 is 0 Å². The van der Waals surface area contributed by atoms with Crippen molar-refractivity contribution in [2.75, 3.05) is 13.2 Å². The van der Waals surface area contributed by atoms with E-state index in [9.17, 15) is 14.4 Å². The lowest BCUT2D eigenvalue weighted by molar-refractivity contribution is -0.167. The Hall–Kier alpha value is -1.85. The van der Waals surface area contributed by atoms with Crippen molar-refractivity contribution in [1.29, 1.82) is 0 Å². The van der Waals surface area contributed by atoms with Crippen molar-refractivity contribution in [3.8, 4) is 0 Å². The third kappa shape index (κ3) is 45.2. The summed E-state index contributed by atoms with van der Waals surface area (Å²) in [6.07, 6.45) is 52.0. The molecule has 0 aromatic carbocycles. The lowest BCUT2D eigenvalue weighted by Gasteiger charge is -2.18. The molecule has 0 spiro atoms. The smallest absolute Gasteiger partial charge is 0.306 e. The summed E-state index contributed by atoms with van der Waals surface area (Å²) >= 11 is 0. The van der Waals surface area contributed by atoms with Crippen LogP contribution >= 0.6 is 0 Å². The number of hydrogen-bond donors (Lipinski definition) is 0. The molecule has 0 aliphatic rings. The summed E-state index contributed by atoms with van der Waals surface area (Å²) in [6.45, 7) is 6.63. The van der Waals surface area contributed by atoms with E-state index in [4.69, 9.17) is 14.2 Å². The van der Waals surface area contributed by atoms with E-state index in [2.05, 4.69) is 32.9 Å². The molecule has 0 saturated heterocycles. The highest BCUT2D eigenvalue weighted by atomic mass is 16.6. The van der Waals surface area contributed by atoms with Gasteiger partial charge in [-0.05, 0) is 44.9 Å². The van der Waals surface area contributed by atoms with Gasteiger partial charge >= 0.3 is 17.9 Å². The molecular formula is C52H98O6. The maximum absolute atomic E-state index is 12.7. The monoisotopic (exact) mass is 819 g/mol. The van der Waals surface area contributed by atoms with E-state index >= 15 is 0 Å². The fraction of sp³-hybridized carbons (Fsp3) is 0.904. The molecule has 6 heteroatoms. The van der Waals surface area contributed by atoms with Gasteiger partial charge in [0.2, 0.25) is 0 Å². The first-order chi connectivity index (χ1) is 28.5. The van der Waals surface area contributed by atoms with E-state index in [0.29, 0.717) is 19.3 Å². The zero-order valence-electron chi connectivity index (χ0n) is 39.1. The topological polar surface area (TPSA) is 78.9 Å². The van der Waals surface area contributed by atoms with Gasteiger partial charge in [-0.3, -0.25) is 14.4 Å². The molecule has 0 aliphatic heterocycles. The second kappa shape index (κ2) is 47.8. The van der Waals surface area contributed by atoms with Crippen LogP contribution in [0.15, 0.2) is 12.2 Å². The molecule has 58 heavy (non-hydrogen) atoms. The molecule has 0 aromatic heterocycles. The van der Waals surface area contributed by atoms with Gasteiger partial charge in [0.25, 0.3) is 0 Å². The van der Waals surface area contributed by atoms with Crippen molar-refractivity contribution in [3.63, 3.8) is 0 Å². The molecule has 6 nitrogen and oxygen atoms in total. The average Bonchev–Trinajstić information content (AvgIpc) is 3.22. The Morgan fingerprint density at radius 3 is 0.862 bits per heavy atom. The zero-order chi connectivity index (χ0) is 42.3. The Labute approximate surface area is 360 Å². The molecule has 1 unspecified atom stereocenters. The zero-order valence-corrected chi connectivity index (χ0v) is 39.1. The first-order valence-electron chi connectivity index (χ1n) is 25.7. The minimum Gasteiger partial charge on any atom is -0.462 e. The Kier molecular flexibility index (Phi) is 46.3. The van der Waals surface area contributed by atoms with Gasteiger partial charge in [-0.2, -0.15) is 0 Å². The van der Waals surface area contributed by atoms with Crippen LogP contribution in [0.5, 0.6) is 0 Å². The van der Waals surface area contributed by atoms with Crippen molar-refractivity contribution < 1.29 is 28.6 Å². The highest BCUT2D eigenvalue weighted by Gasteiger charge is 2.19. The largest absolute Gasteiger partial charge is 0.462 e. The van der Waals surface area contributed by atoms with Crippen molar-refractivity contribution in [3.05, 3.63) is 12.2 Å². The molecule has 0 fully saturated rings. The fourth-order valence-corrected chi connectivity index (χ4v) is 7.61. The van der Waals surface area contributed by atoms with Crippen molar-refractivity contribution in [1.82, 2.24) is 0 Å². The number of allylic oxidation sites excluding steroid dienone is 2. The van der Waals surface area contributed by atoms with Crippen molar-refractivity contribution in [2.24, 2.45) is 0 Å². The van der Waals surface area contributed by atoms with E-state index in [0.717, 1.165) is 57.8 Å². The molecule has 0 rings (SSSR count). The maximum atomic E-state index is 12.7. The van der Waals surface area contributed by atoms with E-state index < -0.39 is 6.10 Å². The maximum Gasteiger partial charge on any atom is 0.306 e. The van der Waals surface area contributed by atoms with Crippen LogP contribution in [0.2, 0.25) is 0 Å². The summed E-state index contributed by atoms with van der Waals surface area (Å²) < 4.78 is 16.7. The molecule has 0 aromatic rings. The summed E-state index contributed by atoms with van der Waals surface area (Å²) in [5.74, 6) is -0.860. The van der Waals surface area contributed by atoms with E-state index in [1.807, 2.05) is 0 Å². The summed E-state index contributed by atoms with van der Waals surface area (Å²) in [5.41, 5.74) is 0. The first-order valence-corrected chi connectivity index (χ1v) is 25.7. The van der Waals surface area contributed by atoms with Crippen molar-refractivity contribution >= 4 is 17.9 Å². The Morgan fingerprint density at radius 2 is 0.569 bits per heavy atom. The third-order valence-electron chi connectivity index (χ3n) is 11.5. The highest BCUT2D eigenvalue weighted by Crippen LogP contribution is 2.16. The molecule has 0 aliphatic carbocycles. The van der Waals surface area contributed by atoms with Crippen LogP contribution in [0, 0.1) is 0 Å². The van der Waals surface area contributed by atoms with Crippen LogP contribution in [-0.4, -0.2) is 37.2 Å². The van der Waals surface area contributed by atoms with Gasteiger partial charge in [0.1, 0.15) is 13.2 Å². The van der Waals surface area contributed by atoms with E-state index in [1.54, 1.807) is 0 Å². The third-order valence-corrected chi connectivity index (χ3v) is 11.5. The summed E-state index contributed by atoms with van der Waals surface area (Å²) in [4.78, 5) is 37.8. The van der Waals surface area contributed by atoms with Gasteiger partial charge < -0.3 is 14.2 Å². The molecule has 0 saturated carbocycles.